The number of nitrogens with zero attached hydrogens (tertiary/aromatic N) is 2. The van der Waals surface area contributed by atoms with Crippen molar-refractivity contribution in [3.8, 4) is 0 Å². The molecule has 0 aliphatic heterocycles. The van der Waals surface area contributed by atoms with Gasteiger partial charge in [0.05, 0.1) is 21.2 Å². The van der Waals surface area contributed by atoms with Crippen LogP contribution in [0.4, 0.5) is 5.69 Å². The summed E-state index contributed by atoms with van der Waals surface area (Å²) < 4.78 is 1.55. The van der Waals surface area contributed by atoms with Crippen LogP contribution in [-0.2, 0) is 11.3 Å². The number of carbonyl (C=O) groups is 1. The third kappa shape index (κ3) is 2.90. The van der Waals surface area contributed by atoms with E-state index in [0.29, 0.717) is 20.9 Å². The number of benzene rings is 2. The summed E-state index contributed by atoms with van der Waals surface area (Å²) in [5, 5.41) is 8.74. The van der Waals surface area contributed by atoms with Gasteiger partial charge in [0.2, 0.25) is 5.91 Å². The Bertz CT molecular complexity index is 860. The summed E-state index contributed by atoms with van der Waals surface area (Å²) in [5.74, 6) is -0.269. The van der Waals surface area contributed by atoms with Gasteiger partial charge in [-0.05, 0) is 24.3 Å². The summed E-state index contributed by atoms with van der Waals surface area (Å²) in [6.45, 7) is 0.0239. The van der Waals surface area contributed by atoms with Crippen molar-refractivity contribution in [3.05, 3.63) is 57.7 Å². The van der Waals surface area contributed by atoms with Gasteiger partial charge in [0.15, 0.2) is 5.15 Å². The lowest BCUT2D eigenvalue weighted by molar-refractivity contribution is -0.116. The van der Waals surface area contributed by atoms with Crippen molar-refractivity contribution < 1.29 is 4.79 Å². The molecule has 0 radical (unpaired) electrons. The molecule has 2 aromatic carbocycles. The van der Waals surface area contributed by atoms with E-state index in [0.717, 1.165) is 10.9 Å². The van der Waals surface area contributed by atoms with Crippen LogP contribution in [0, 0.1) is 0 Å². The fourth-order valence-corrected chi connectivity index (χ4v) is 2.73. The van der Waals surface area contributed by atoms with E-state index < -0.39 is 0 Å². The topological polar surface area (TPSA) is 46.9 Å². The van der Waals surface area contributed by atoms with E-state index in [-0.39, 0.29) is 12.5 Å². The van der Waals surface area contributed by atoms with Crippen LogP contribution in [0.2, 0.25) is 15.2 Å². The number of anilines is 1. The van der Waals surface area contributed by atoms with Gasteiger partial charge in [-0.15, -0.1) is 0 Å². The Morgan fingerprint density at radius 2 is 1.86 bits per heavy atom. The van der Waals surface area contributed by atoms with Crippen LogP contribution in [0.15, 0.2) is 42.5 Å². The number of para-hydroxylation sites is 1. The third-order valence-corrected chi connectivity index (χ3v) is 4.23. The Labute approximate surface area is 141 Å². The molecule has 0 aliphatic rings. The Kier molecular flexibility index (Phi) is 4.25. The molecule has 1 aromatic heterocycles. The van der Waals surface area contributed by atoms with Crippen LogP contribution >= 0.6 is 34.8 Å². The predicted octanol–water partition coefficient (Wildman–Crippen LogP) is 4.64. The molecule has 3 rings (SSSR count). The lowest BCUT2D eigenvalue weighted by Gasteiger charge is -2.08. The molecule has 0 saturated heterocycles. The van der Waals surface area contributed by atoms with E-state index in [1.807, 2.05) is 24.3 Å². The molecule has 22 heavy (non-hydrogen) atoms. The molecule has 0 aliphatic carbocycles. The second-order valence-electron chi connectivity index (χ2n) is 4.62. The van der Waals surface area contributed by atoms with Gasteiger partial charge in [-0.1, -0.05) is 53.0 Å². The van der Waals surface area contributed by atoms with Crippen molar-refractivity contribution in [2.24, 2.45) is 0 Å². The zero-order chi connectivity index (χ0) is 15.7. The number of rotatable bonds is 3. The Morgan fingerprint density at radius 3 is 2.68 bits per heavy atom. The molecule has 0 fully saturated rings. The lowest BCUT2D eigenvalue weighted by Crippen LogP contribution is -2.19. The van der Waals surface area contributed by atoms with Gasteiger partial charge in [-0.25, -0.2) is 0 Å². The van der Waals surface area contributed by atoms with Crippen LogP contribution in [-0.4, -0.2) is 15.7 Å². The third-order valence-electron chi connectivity index (χ3n) is 3.13. The van der Waals surface area contributed by atoms with Crippen molar-refractivity contribution in [1.29, 1.82) is 0 Å². The minimum absolute atomic E-state index is 0.0239. The lowest BCUT2D eigenvalue weighted by atomic mass is 10.2. The number of fused-ring (bicyclic) bond motifs is 1. The molecule has 0 atom stereocenters. The molecule has 1 N–H and O–H groups in total. The maximum absolute atomic E-state index is 12.2. The first-order chi connectivity index (χ1) is 10.6. The molecule has 0 bridgehead atoms. The van der Waals surface area contributed by atoms with Gasteiger partial charge < -0.3 is 5.32 Å². The first kappa shape index (κ1) is 15.2. The monoisotopic (exact) mass is 353 g/mol. The molecule has 1 amide bonds. The predicted molar refractivity (Wildman–Crippen MR) is 89.8 cm³/mol. The Balaban J connectivity index is 1.83. The van der Waals surface area contributed by atoms with E-state index in [1.54, 1.807) is 22.9 Å². The zero-order valence-corrected chi connectivity index (χ0v) is 13.5. The van der Waals surface area contributed by atoms with Crippen molar-refractivity contribution >= 4 is 57.3 Å². The molecule has 4 nitrogen and oxygen atoms in total. The fourth-order valence-electron chi connectivity index (χ4n) is 2.13. The van der Waals surface area contributed by atoms with Gasteiger partial charge >= 0.3 is 0 Å². The van der Waals surface area contributed by atoms with E-state index in [1.165, 1.54) is 0 Å². The van der Waals surface area contributed by atoms with Gasteiger partial charge in [-0.2, -0.15) is 5.10 Å². The summed E-state index contributed by atoms with van der Waals surface area (Å²) >= 11 is 18.0. The van der Waals surface area contributed by atoms with E-state index in [9.17, 15) is 4.79 Å². The largest absolute Gasteiger partial charge is 0.323 e. The van der Waals surface area contributed by atoms with E-state index in [4.69, 9.17) is 34.8 Å². The number of nitrogens with one attached hydrogen (secondary N) is 1. The smallest absolute Gasteiger partial charge is 0.246 e. The summed E-state index contributed by atoms with van der Waals surface area (Å²) in [7, 11) is 0. The Hall–Kier alpha value is -1.75. The Morgan fingerprint density at radius 1 is 1.09 bits per heavy atom. The number of aromatic nitrogens is 2. The maximum Gasteiger partial charge on any atom is 0.246 e. The zero-order valence-electron chi connectivity index (χ0n) is 11.2. The first-order valence-corrected chi connectivity index (χ1v) is 7.54. The van der Waals surface area contributed by atoms with Crippen LogP contribution in [0.3, 0.4) is 0 Å². The standard InChI is InChI=1S/C15H10Cl3N3O/c16-10-5-3-6-11(14(10)17)19-13(22)8-21-12-7-2-1-4-9(12)15(18)20-21/h1-7H,8H2,(H,19,22). The molecular formula is C15H10Cl3N3O. The number of amides is 1. The first-order valence-electron chi connectivity index (χ1n) is 6.41. The van der Waals surface area contributed by atoms with E-state index >= 15 is 0 Å². The van der Waals surface area contributed by atoms with Crippen LogP contribution in [0.1, 0.15) is 0 Å². The average molecular weight is 355 g/mol. The average Bonchev–Trinajstić information content (AvgIpc) is 2.81. The van der Waals surface area contributed by atoms with Crippen molar-refractivity contribution in [2.45, 2.75) is 6.54 Å². The molecular weight excluding hydrogens is 345 g/mol. The highest BCUT2D eigenvalue weighted by Crippen LogP contribution is 2.29. The summed E-state index contributed by atoms with van der Waals surface area (Å²) in [6, 6.07) is 12.5. The minimum atomic E-state index is -0.269. The second-order valence-corrected chi connectivity index (χ2v) is 5.76. The molecule has 0 unspecified atom stereocenters. The highest BCUT2D eigenvalue weighted by Gasteiger charge is 2.13. The molecule has 0 spiro atoms. The van der Waals surface area contributed by atoms with Gasteiger partial charge in [0.1, 0.15) is 6.54 Å². The minimum Gasteiger partial charge on any atom is -0.323 e. The van der Waals surface area contributed by atoms with Crippen molar-refractivity contribution in [1.82, 2.24) is 9.78 Å². The molecule has 1 heterocycles. The quantitative estimate of drug-likeness (QED) is 0.745. The van der Waals surface area contributed by atoms with Gasteiger partial charge in [0, 0.05) is 5.39 Å². The molecule has 112 valence electrons. The number of hydrogen-bond acceptors (Lipinski definition) is 2. The molecule has 7 heteroatoms. The summed E-state index contributed by atoms with van der Waals surface area (Å²) in [4.78, 5) is 12.2. The van der Waals surface area contributed by atoms with Crippen molar-refractivity contribution in [3.63, 3.8) is 0 Å². The van der Waals surface area contributed by atoms with Crippen LogP contribution < -0.4 is 5.32 Å². The number of halogens is 3. The fraction of sp³-hybridized carbons (Fsp3) is 0.0667. The van der Waals surface area contributed by atoms with Crippen LogP contribution in [0.5, 0.6) is 0 Å². The van der Waals surface area contributed by atoms with Crippen molar-refractivity contribution in [2.75, 3.05) is 5.32 Å². The van der Waals surface area contributed by atoms with Gasteiger partial charge in [0.25, 0.3) is 0 Å². The molecule has 0 saturated carbocycles. The van der Waals surface area contributed by atoms with Crippen LogP contribution in [0.25, 0.3) is 10.9 Å². The molecule has 3 aromatic rings. The summed E-state index contributed by atoms with van der Waals surface area (Å²) in [5.41, 5.74) is 1.25. The highest BCUT2D eigenvalue weighted by atomic mass is 35.5. The number of carbonyl (C=O) groups excluding carboxylic acids is 1. The highest BCUT2D eigenvalue weighted by molar-refractivity contribution is 6.44. The maximum atomic E-state index is 12.2. The SMILES string of the molecule is O=C(Cn1nc(Cl)c2ccccc21)Nc1cccc(Cl)c1Cl. The van der Waals surface area contributed by atoms with E-state index in [2.05, 4.69) is 10.4 Å². The normalized spacial score (nSPS) is 10.9. The summed E-state index contributed by atoms with van der Waals surface area (Å²) in [6.07, 6.45) is 0. The second kappa shape index (κ2) is 6.16. The number of hydrogen-bond donors (Lipinski definition) is 1. The van der Waals surface area contributed by atoms with Gasteiger partial charge in [-0.3, -0.25) is 9.48 Å².